The molecular formula is C20H21N3O4S. The fraction of sp³-hybridized carbons (Fsp3) is 0.200. The molecule has 0 unspecified atom stereocenters. The van der Waals surface area contributed by atoms with Gasteiger partial charge in [-0.15, -0.1) is 0 Å². The van der Waals surface area contributed by atoms with E-state index in [4.69, 9.17) is 4.74 Å². The molecule has 7 nitrogen and oxygen atoms in total. The molecule has 1 aromatic heterocycles. The lowest BCUT2D eigenvalue weighted by Gasteiger charge is -2.13. The van der Waals surface area contributed by atoms with Crippen molar-refractivity contribution in [3.63, 3.8) is 0 Å². The van der Waals surface area contributed by atoms with E-state index in [0.29, 0.717) is 12.4 Å². The summed E-state index contributed by atoms with van der Waals surface area (Å²) >= 11 is 0. The van der Waals surface area contributed by atoms with Crippen molar-refractivity contribution in [2.75, 3.05) is 14.1 Å². The van der Waals surface area contributed by atoms with Crippen molar-refractivity contribution >= 4 is 16.0 Å². The summed E-state index contributed by atoms with van der Waals surface area (Å²) in [4.78, 5) is 16.5. The number of imidazole rings is 1. The lowest BCUT2D eigenvalue weighted by atomic mass is 10.1. The first kappa shape index (κ1) is 19.8. The van der Waals surface area contributed by atoms with Gasteiger partial charge in [-0.3, -0.25) is 4.79 Å². The third-order valence-electron chi connectivity index (χ3n) is 4.10. The van der Waals surface area contributed by atoms with E-state index in [9.17, 15) is 13.2 Å². The Morgan fingerprint density at radius 1 is 1.04 bits per heavy atom. The van der Waals surface area contributed by atoms with E-state index < -0.39 is 10.2 Å². The van der Waals surface area contributed by atoms with Gasteiger partial charge < -0.3 is 4.74 Å². The third kappa shape index (κ3) is 4.47. The minimum Gasteiger partial charge on any atom is -0.489 e. The number of carbonyl (C=O) groups excluding carboxylic acids is 1. The van der Waals surface area contributed by atoms with Gasteiger partial charge in [-0.1, -0.05) is 42.5 Å². The van der Waals surface area contributed by atoms with Gasteiger partial charge in [-0.2, -0.15) is 12.7 Å². The van der Waals surface area contributed by atoms with Gasteiger partial charge in [-0.25, -0.2) is 8.96 Å². The summed E-state index contributed by atoms with van der Waals surface area (Å²) in [6.45, 7) is 0.457. The van der Waals surface area contributed by atoms with Gasteiger partial charge >= 0.3 is 10.2 Å². The summed E-state index contributed by atoms with van der Waals surface area (Å²) in [5.74, 6) is 0.197. The summed E-state index contributed by atoms with van der Waals surface area (Å²) in [7, 11) is -0.994. The van der Waals surface area contributed by atoms with E-state index in [-0.39, 0.29) is 18.0 Å². The standard InChI is InChI=1S/C20H21N3O4S/c1-22(2)28(25,26)23-13-12-21-20(23)19(24)14-16-8-10-18(11-9-16)27-15-17-6-4-3-5-7-17/h3-13H,14-15H2,1-2H3. The number of carbonyl (C=O) groups is 1. The molecule has 0 atom stereocenters. The minimum atomic E-state index is -3.80. The molecule has 0 bridgehead atoms. The van der Waals surface area contributed by atoms with E-state index in [1.165, 1.54) is 26.5 Å². The van der Waals surface area contributed by atoms with E-state index in [2.05, 4.69) is 4.98 Å². The number of ether oxygens (including phenoxy) is 1. The Kier molecular flexibility index (Phi) is 5.91. The van der Waals surface area contributed by atoms with Gasteiger partial charge in [0.25, 0.3) is 0 Å². The van der Waals surface area contributed by atoms with Crippen LogP contribution in [0.5, 0.6) is 5.75 Å². The second-order valence-corrected chi connectivity index (χ2v) is 8.37. The third-order valence-corrected chi connectivity index (χ3v) is 5.82. The van der Waals surface area contributed by atoms with Crippen LogP contribution in [0, 0.1) is 0 Å². The quantitative estimate of drug-likeness (QED) is 0.544. The van der Waals surface area contributed by atoms with Crippen LogP contribution in [-0.4, -0.2) is 41.6 Å². The number of hydrogen-bond donors (Lipinski definition) is 0. The maximum Gasteiger partial charge on any atom is 0.308 e. The maximum atomic E-state index is 12.6. The van der Waals surface area contributed by atoms with Crippen LogP contribution in [0.3, 0.4) is 0 Å². The number of ketones is 1. The molecule has 2 aromatic carbocycles. The molecule has 0 N–H and O–H groups in total. The molecule has 0 aliphatic heterocycles. The Hall–Kier alpha value is -2.97. The molecule has 0 spiro atoms. The van der Waals surface area contributed by atoms with Crippen molar-refractivity contribution in [2.24, 2.45) is 0 Å². The summed E-state index contributed by atoms with van der Waals surface area (Å²) in [5.41, 5.74) is 1.81. The molecule has 0 saturated carbocycles. The second-order valence-electron chi connectivity index (χ2n) is 6.36. The molecule has 1 heterocycles. The number of Topliss-reactive ketones (excluding diaryl/α,β-unsaturated/α-hetero) is 1. The molecule has 3 rings (SSSR count). The number of hydrogen-bond acceptors (Lipinski definition) is 5. The average Bonchev–Trinajstić information content (AvgIpc) is 3.19. The molecule has 0 fully saturated rings. The van der Waals surface area contributed by atoms with Crippen molar-refractivity contribution in [3.05, 3.63) is 83.9 Å². The van der Waals surface area contributed by atoms with Crippen LogP contribution in [0.1, 0.15) is 21.7 Å². The van der Waals surface area contributed by atoms with Gasteiger partial charge in [0, 0.05) is 32.9 Å². The van der Waals surface area contributed by atoms with Crippen molar-refractivity contribution in [1.29, 1.82) is 0 Å². The highest BCUT2D eigenvalue weighted by Gasteiger charge is 2.23. The topological polar surface area (TPSA) is 81.5 Å². The number of rotatable bonds is 8. The summed E-state index contributed by atoms with van der Waals surface area (Å²) in [5, 5.41) is 0. The molecule has 8 heteroatoms. The Morgan fingerprint density at radius 2 is 1.71 bits per heavy atom. The highest BCUT2D eigenvalue weighted by molar-refractivity contribution is 7.87. The summed E-state index contributed by atoms with van der Waals surface area (Å²) < 4.78 is 32.2. The van der Waals surface area contributed by atoms with Gasteiger partial charge in [0.05, 0.1) is 0 Å². The number of nitrogens with zero attached hydrogens (tertiary/aromatic N) is 3. The maximum absolute atomic E-state index is 12.6. The van der Waals surface area contributed by atoms with Crippen molar-refractivity contribution in [1.82, 2.24) is 13.3 Å². The first-order chi connectivity index (χ1) is 13.4. The molecule has 146 valence electrons. The fourth-order valence-corrected chi connectivity index (χ4v) is 3.49. The Balaban J connectivity index is 1.66. The summed E-state index contributed by atoms with van der Waals surface area (Å²) in [6.07, 6.45) is 2.61. The second kappa shape index (κ2) is 8.37. The zero-order valence-electron chi connectivity index (χ0n) is 15.6. The highest BCUT2D eigenvalue weighted by Crippen LogP contribution is 2.16. The van der Waals surface area contributed by atoms with Gasteiger partial charge in [0.15, 0.2) is 5.82 Å². The van der Waals surface area contributed by atoms with Crippen LogP contribution in [-0.2, 0) is 23.2 Å². The predicted octanol–water partition coefficient (Wildman–Crippen LogP) is 2.54. The lowest BCUT2D eigenvalue weighted by molar-refractivity contribution is 0.0982. The predicted molar refractivity (Wildman–Crippen MR) is 105 cm³/mol. The van der Waals surface area contributed by atoms with Crippen LogP contribution >= 0.6 is 0 Å². The van der Waals surface area contributed by atoms with Gasteiger partial charge in [0.1, 0.15) is 12.4 Å². The van der Waals surface area contributed by atoms with Crippen molar-refractivity contribution in [2.45, 2.75) is 13.0 Å². The first-order valence-electron chi connectivity index (χ1n) is 8.63. The van der Waals surface area contributed by atoms with E-state index in [1.54, 1.807) is 24.3 Å². The zero-order valence-corrected chi connectivity index (χ0v) is 16.5. The molecule has 0 amide bonds. The van der Waals surface area contributed by atoms with Crippen LogP contribution < -0.4 is 4.74 Å². The van der Waals surface area contributed by atoms with Crippen molar-refractivity contribution < 1.29 is 17.9 Å². The molecule has 28 heavy (non-hydrogen) atoms. The van der Waals surface area contributed by atoms with Crippen LogP contribution in [0.2, 0.25) is 0 Å². The largest absolute Gasteiger partial charge is 0.489 e. The molecule has 0 aliphatic carbocycles. The van der Waals surface area contributed by atoms with E-state index in [1.807, 2.05) is 30.3 Å². The van der Waals surface area contributed by atoms with Crippen molar-refractivity contribution in [3.8, 4) is 5.75 Å². The van der Waals surface area contributed by atoms with Crippen LogP contribution in [0.15, 0.2) is 67.0 Å². The molecule has 0 saturated heterocycles. The first-order valence-corrected chi connectivity index (χ1v) is 10.0. The molecule has 3 aromatic rings. The lowest BCUT2D eigenvalue weighted by Crippen LogP contribution is -2.31. The van der Waals surface area contributed by atoms with Crippen LogP contribution in [0.25, 0.3) is 0 Å². The molecule has 0 aliphatic rings. The Bertz CT molecular complexity index is 1040. The number of aromatic nitrogens is 2. The molecule has 0 radical (unpaired) electrons. The minimum absolute atomic E-state index is 0.0406. The smallest absolute Gasteiger partial charge is 0.308 e. The summed E-state index contributed by atoms with van der Waals surface area (Å²) in [6, 6.07) is 17.0. The monoisotopic (exact) mass is 399 g/mol. The SMILES string of the molecule is CN(C)S(=O)(=O)n1ccnc1C(=O)Cc1ccc(OCc2ccccc2)cc1. The number of benzene rings is 2. The Morgan fingerprint density at radius 3 is 2.36 bits per heavy atom. The highest BCUT2D eigenvalue weighted by atomic mass is 32.2. The molecular weight excluding hydrogens is 378 g/mol. The Labute approximate surface area is 164 Å². The average molecular weight is 399 g/mol. The normalized spacial score (nSPS) is 11.5. The zero-order chi connectivity index (χ0) is 20.1. The van der Waals surface area contributed by atoms with E-state index >= 15 is 0 Å². The fourth-order valence-electron chi connectivity index (χ4n) is 2.56. The van der Waals surface area contributed by atoms with Crippen LogP contribution in [0.4, 0.5) is 0 Å². The van der Waals surface area contributed by atoms with Gasteiger partial charge in [0.2, 0.25) is 5.78 Å². The van der Waals surface area contributed by atoms with E-state index in [0.717, 1.165) is 19.4 Å². The van der Waals surface area contributed by atoms with Gasteiger partial charge in [-0.05, 0) is 23.3 Å².